The van der Waals surface area contributed by atoms with Gasteiger partial charge in [0, 0.05) is 5.69 Å². The fraction of sp³-hybridized carbons (Fsp3) is 0.308. The molecule has 1 rings (SSSR count). The summed E-state index contributed by atoms with van der Waals surface area (Å²) in [7, 11) is 0. The first-order chi connectivity index (χ1) is 7.57. The highest BCUT2D eigenvalue weighted by Gasteiger charge is 2.20. The van der Waals surface area contributed by atoms with Crippen molar-refractivity contribution >= 4 is 11.6 Å². The zero-order valence-electron chi connectivity index (χ0n) is 9.47. The van der Waals surface area contributed by atoms with Gasteiger partial charge in [0.25, 0.3) is 5.91 Å². The fourth-order valence-electron chi connectivity index (χ4n) is 1.46. The van der Waals surface area contributed by atoms with Gasteiger partial charge in [-0.3, -0.25) is 9.69 Å². The molecule has 1 N–H and O–H groups in total. The second-order valence-corrected chi connectivity index (χ2v) is 3.59. The van der Waals surface area contributed by atoms with Crippen LogP contribution in [0.2, 0.25) is 0 Å². The minimum Gasteiger partial charge on any atom is -0.384 e. The summed E-state index contributed by atoms with van der Waals surface area (Å²) in [6.07, 6.45) is 4.18. The van der Waals surface area contributed by atoms with E-state index in [1.54, 1.807) is 0 Å². The molecule has 3 heteroatoms. The highest BCUT2D eigenvalue weighted by molar-refractivity contribution is 5.97. The Morgan fingerprint density at radius 1 is 1.56 bits per heavy atom. The number of aliphatic hydroxyl groups excluding tert-OH is 1. The predicted molar refractivity (Wildman–Crippen MR) is 64.0 cm³/mol. The van der Waals surface area contributed by atoms with E-state index in [0.29, 0.717) is 0 Å². The molecule has 0 spiro atoms. The van der Waals surface area contributed by atoms with Crippen molar-refractivity contribution in [3.63, 3.8) is 0 Å². The molecular weight excluding hydrogens is 202 g/mol. The number of nitrogens with zero attached hydrogens (tertiary/aromatic N) is 1. The van der Waals surface area contributed by atoms with Gasteiger partial charge in [0.2, 0.25) is 0 Å². The van der Waals surface area contributed by atoms with Crippen LogP contribution in [-0.2, 0) is 4.79 Å². The van der Waals surface area contributed by atoms with E-state index in [1.165, 1.54) is 11.8 Å². The summed E-state index contributed by atoms with van der Waals surface area (Å²) in [6.45, 7) is 3.49. The lowest BCUT2D eigenvalue weighted by Crippen LogP contribution is -2.38. The van der Waals surface area contributed by atoms with Crippen LogP contribution in [0.4, 0.5) is 5.69 Å². The molecule has 84 valence electrons. The smallest absolute Gasteiger partial charge is 0.256 e. The van der Waals surface area contributed by atoms with Gasteiger partial charge in [-0.1, -0.05) is 24.1 Å². The number of amides is 1. The molecule has 0 aromatic heterocycles. The number of para-hydroxylation sites is 1. The van der Waals surface area contributed by atoms with E-state index in [-0.39, 0.29) is 12.5 Å². The molecule has 0 saturated heterocycles. The fourth-order valence-corrected chi connectivity index (χ4v) is 1.46. The van der Waals surface area contributed by atoms with E-state index in [0.717, 1.165) is 11.3 Å². The summed E-state index contributed by atoms with van der Waals surface area (Å²) in [4.78, 5) is 13.2. The summed E-state index contributed by atoms with van der Waals surface area (Å²) in [5, 5.41) is 9.31. The minimum absolute atomic E-state index is 0.161. The van der Waals surface area contributed by atoms with Crippen LogP contribution in [0.1, 0.15) is 12.5 Å². The lowest BCUT2D eigenvalue weighted by atomic mass is 10.1. The van der Waals surface area contributed by atoms with Gasteiger partial charge < -0.3 is 5.11 Å². The van der Waals surface area contributed by atoms with Crippen molar-refractivity contribution in [2.45, 2.75) is 20.0 Å². The molecule has 1 aromatic rings. The van der Waals surface area contributed by atoms with Crippen molar-refractivity contribution in [1.29, 1.82) is 0 Å². The lowest BCUT2D eigenvalue weighted by Gasteiger charge is -2.23. The van der Waals surface area contributed by atoms with Crippen molar-refractivity contribution < 1.29 is 9.90 Å². The maximum absolute atomic E-state index is 11.8. The Hall–Kier alpha value is -1.79. The number of carbonyl (C=O) groups excluding carboxylic acids is 1. The Labute approximate surface area is 95.7 Å². The number of hydrogen-bond donors (Lipinski definition) is 1. The van der Waals surface area contributed by atoms with Crippen LogP contribution in [0.3, 0.4) is 0 Å². The number of terminal acetylenes is 1. The summed E-state index contributed by atoms with van der Waals surface area (Å²) < 4.78 is 0. The quantitative estimate of drug-likeness (QED) is 0.776. The van der Waals surface area contributed by atoms with Crippen LogP contribution in [-0.4, -0.2) is 23.7 Å². The van der Waals surface area contributed by atoms with Crippen LogP contribution in [0, 0.1) is 19.3 Å². The van der Waals surface area contributed by atoms with Crippen molar-refractivity contribution in [3.8, 4) is 12.3 Å². The summed E-state index contributed by atoms with van der Waals surface area (Å²) in [6, 6.07) is 7.43. The van der Waals surface area contributed by atoms with E-state index in [9.17, 15) is 9.90 Å². The molecule has 1 aromatic carbocycles. The zero-order chi connectivity index (χ0) is 12.1. The minimum atomic E-state index is -1.05. The van der Waals surface area contributed by atoms with Crippen LogP contribution >= 0.6 is 0 Å². The van der Waals surface area contributed by atoms with Crippen molar-refractivity contribution in [3.05, 3.63) is 29.8 Å². The average molecular weight is 217 g/mol. The topological polar surface area (TPSA) is 40.5 Å². The number of aliphatic hydroxyl groups is 1. The molecule has 3 nitrogen and oxygen atoms in total. The van der Waals surface area contributed by atoms with Crippen molar-refractivity contribution in [2.24, 2.45) is 0 Å². The molecular formula is C13H15NO2. The first-order valence-corrected chi connectivity index (χ1v) is 5.06. The Bertz CT molecular complexity index is 418. The Morgan fingerprint density at radius 3 is 2.69 bits per heavy atom. The Kier molecular flexibility index (Phi) is 4.10. The second kappa shape index (κ2) is 5.34. The van der Waals surface area contributed by atoms with Gasteiger partial charge in [-0.2, -0.15) is 0 Å². The molecule has 0 fully saturated rings. The molecule has 0 aliphatic rings. The van der Waals surface area contributed by atoms with E-state index in [4.69, 9.17) is 6.42 Å². The number of anilines is 1. The molecule has 0 saturated carbocycles. The predicted octanol–water partition coefficient (Wildman–Crippen LogP) is 1.34. The van der Waals surface area contributed by atoms with E-state index in [1.807, 2.05) is 31.2 Å². The normalized spacial score (nSPS) is 11.6. The monoisotopic (exact) mass is 217 g/mol. The number of benzene rings is 1. The Morgan fingerprint density at radius 2 is 2.19 bits per heavy atom. The van der Waals surface area contributed by atoms with Crippen LogP contribution in [0.5, 0.6) is 0 Å². The van der Waals surface area contributed by atoms with E-state index >= 15 is 0 Å². The van der Waals surface area contributed by atoms with Crippen LogP contribution in [0.25, 0.3) is 0 Å². The van der Waals surface area contributed by atoms with Gasteiger partial charge in [0.15, 0.2) is 0 Å². The molecule has 0 aliphatic heterocycles. The Balaban J connectivity index is 3.09. The maximum Gasteiger partial charge on any atom is 0.256 e. The van der Waals surface area contributed by atoms with Gasteiger partial charge in [-0.15, -0.1) is 6.42 Å². The first kappa shape index (κ1) is 12.3. The standard InChI is InChI=1S/C13H15NO2/c1-4-9-14(13(16)11(3)15)12-8-6-5-7-10(12)2/h1,5-8,11,15H,9H2,2-3H3. The second-order valence-electron chi connectivity index (χ2n) is 3.59. The molecule has 0 heterocycles. The van der Waals surface area contributed by atoms with Gasteiger partial charge in [0.1, 0.15) is 6.10 Å². The maximum atomic E-state index is 11.8. The number of hydrogen-bond acceptors (Lipinski definition) is 2. The van der Waals surface area contributed by atoms with Gasteiger partial charge in [0.05, 0.1) is 6.54 Å². The van der Waals surface area contributed by atoms with Crippen molar-refractivity contribution in [2.75, 3.05) is 11.4 Å². The van der Waals surface area contributed by atoms with E-state index < -0.39 is 6.10 Å². The molecule has 1 amide bonds. The third-order valence-corrected chi connectivity index (χ3v) is 2.28. The molecule has 0 aliphatic carbocycles. The summed E-state index contributed by atoms with van der Waals surface area (Å²) in [5.74, 6) is 2.04. The van der Waals surface area contributed by atoms with Gasteiger partial charge >= 0.3 is 0 Å². The van der Waals surface area contributed by atoms with Crippen LogP contribution in [0.15, 0.2) is 24.3 Å². The average Bonchev–Trinajstić information content (AvgIpc) is 2.26. The lowest BCUT2D eigenvalue weighted by molar-refractivity contribution is -0.125. The van der Waals surface area contributed by atoms with E-state index in [2.05, 4.69) is 5.92 Å². The molecule has 1 atom stereocenters. The SMILES string of the molecule is C#CCN(C(=O)C(C)O)c1ccccc1C. The van der Waals surface area contributed by atoms with Crippen molar-refractivity contribution in [1.82, 2.24) is 0 Å². The largest absolute Gasteiger partial charge is 0.384 e. The summed E-state index contributed by atoms with van der Waals surface area (Å²) in [5.41, 5.74) is 1.69. The molecule has 0 radical (unpaired) electrons. The molecule has 1 unspecified atom stereocenters. The zero-order valence-corrected chi connectivity index (χ0v) is 9.47. The highest BCUT2D eigenvalue weighted by Crippen LogP contribution is 2.19. The van der Waals surface area contributed by atoms with Crippen LogP contribution < -0.4 is 4.90 Å². The molecule has 16 heavy (non-hydrogen) atoms. The van der Waals surface area contributed by atoms with Gasteiger partial charge in [-0.05, 0) is 25.5 Å². The number of aryl methyl sites for hydroxylation is 1. The summed E-state index contributed by atoms with van der Waals surface area (Å²) >= 11 is 0. The molecule has 0 bridgehead atoms. The van der Waals surface area contributed by atoms with Gasteiger partial charge in [-0.25, -0.2) is 0 Å². The third kappa shape index (κ3) is 2.62. The number of carbonyl (C=O) groups is 1. The first-order valence-electron chi connectivity index (χ1n) is 5.06. The number of rotatable bonds is 3. The highest BCUT2D eigenvalue weighted by atomic mass is 16.3. The third-order valence-electron chi connectivity index (χ3n) is 2.28.